The molecule has 1 aliphatic carbocycles. The molecule has 2 rings (SSSR count). The molecular weight excluding hydrogens is 274 g/mol. The van der Waals surface area contributed by atoms with E-state index in [1.807, 2.05) is 4.90 Å². The molecular formula is C15H24ClN3O. The molecule has 1 aromatic heterocycles. The van der Waals surface area contributed by atoms with Gasteiger partial charge in [0.15, 0.2) is 0 Å². The molecule has 5 heteroatoms. The summed E-state index contributed by atoms with van der Waals surface area (Å²) >= 11 is 0. The molecule has 0 aromatic carbocycles. The van der Waals surface area contributed by atoms with Crippen LogP contribution in [-0.4, -0.2) is 28.4 Å². The van der Waals surface area contributed by atoms with Crippen molar-refractivity contribution >= 4 is 24.1 Å². The zero-order valence-corrected chi connectivity index (χ0v) is 13.0. The van der Waals surface area contributed by atoms with E-state index in [4.69, 9.17) is 5.73 Å². The quantitative estimate of drug-likeness (QED) is 0.929. The second-order valence-corrected chi connectivity index (χ2v) is 5.74. The first-order valence-electron chi connectivity index (χ1n) is 7.11. The van der Waals surface area contributed by atoms with Crippen molar-refractivity contribution < 1.29 is 4.79 Å². The number of aromatic nitrogens is 1. The third-order valence-corrected chi connectivity index (χ3v) is 3.58. The van der Waals surface area contributed by atoms with E-state index in [0.29, 0.717) is 23.5 Å². The summed E-state index contributed by atoms with van der Waals surface area (Å²) in [6, 6.07) is 5.62. The van der Waals surface area contributed by atoms with E-state index in [9.17, 15) is 4.79 Å². The molecule has 1 amide bonds. The number of pyridine rings is 1. The second kappa shape index (κ2) is 7.48. The summed E-state index contributed by atoms with van der Waals surface area (Å²) in [5.41, 5.74) is 6.13. The Bertz CT molecular complexity index is 444. The van der Waals surface area contributed by atoms with E-state index in [0.717, 1.165) is 19.4 Å². The van der Waals surface area contributed by atoms with Crippen LogP contribution < -0.4 is 5.73 Å². The van der Waals surface area contributed by atoms with Gasteiger partial charge in [-0.25, -0.2) is 4.98 Å². The van der Waals surface area contributed by atoms with Crippen molar-refractivity contribution in [2.24, 2.45) is 5.92 Å². The highest BCUT2D eigenvalue weighted by Crippen LogP contribution is 2.25. The molecule has 0 aliphatic heterocycles. The summed E-state index contributed by atoms with van der Waals surface area (Å²) < 4.78 is 0. The number of rotatable bonds is 4. The Morgan fingerprint density at radius 2 is 2.05 bits per heavy atom. The Hall–Kier alpha value is -1.29. The molecule has 112 valence electrons. The zero-order valence-electron chi connectivity index (χ0n) is 12.2. The molecule has 0 bridgehead atoms. The maximum atomic E-state index is 12.6. The van der Waals surface area contributed by atoms with Crippen molar-refractivity contribution in [3.05, 3.63) is 23.9 Å². The molecule has 1 aromatic rings. The van der Waals surface area contributed by atoms with Crippen LogP contribution in [-0.2, 0) is 0 Å². The molecule has 2 N–H and O–H groups in total. The molecule has 4 nitrogen and oxygen atoms in total. The van der Waals surface area contributed by atoms with Crippen LogP contribution in [0.25, 0.3) is 0 Å². The standard InChI is InChI=1S/C15H23N3O.ClH/c1-11(2)10-18(12-6-3-4-7-12)15(19)13-8-5-9-14(16)17-13;/h5,8-9,11-12H,3-4,6-7,10H2,1-2H3,(H2,16,17);1H. The lowest BCUT2D eigenvalue weighted by Crippen LogP contribution is -2.41. The molecule has 20 heavy (non-hydrogen) atoms. The van der Waals surface area contributed by atoms with Crippen LogP contribution in [0.4, 0.5) is 5.82 Å². The van der Waals surface area contributed by atoms with E-state index in [1.165, 1.54) is 12.8 Å². The summed E-state index contributed by atoms with van der Waals surface area (Å²) in [7, 11) is 0. The molecule has 1 heterocycles. The number of anilines is 1. The Kier molecular flexibility index (Phi) is 6.27. The Morgan fingerprint density at radius 3 is 2.60 bits per heavy atom. The van der Waals surface area contributed by atoms with Crippen molar-refractivity contribution in [2.75, 3.05) is 12.3 Å². The van der Waals surface area contributed by atoms with Crippen LogP contribution in [0, 0.1) is 5.92 Å². The molecule has 1 aliphatic rings. The van der Waals surface area contributed by atoms with Crippen molar-refractivity contribution in [1.29, 1.82) is 0 Å². The van der Waals surface area contributed by atoms with Crippen molar-refractivity contribution in [1.82, 2.24) is 9.88 Å². The number of carbonyl (C=O) groups is 1. The summed E-state index contributed by atoms with van der Waals surface area (Å²) in [5.74, 6) is 0.889. The van der Waals surface area contributed by atoms with Crippen LogP contribution in [0.3, 0.4) is 0 Å². The summed E-state index contributed by atoms with van der Waals surface area (Å²) in [4.78, 5) is 18.8. The Morgan fingerprint density at radius 1 is 1.40 bits per heavy atom. The number of carbonyl (C=O) groups excluding carboxylic acids is 1. The topological polar surface area (TPSA) is 59.2 Å². The molecule has 1 fully saturated rings. The summed E-state index contributed by atoms with van der Waals surface area (Å²) in [6.07, 6.45) is 4.66. The van der Waals surface area contributed by atoms with Gasteiger partial charge in [-0.15, -0.1) is 12.4 Å². The molecule has 1 saturated carbocycles. The Balaban J connectivity index is 0.00000200. The summed E-state index contributed by atoms with van der Waals surface area (Å²) in [6.45, 7) is 5.07. The number of nitrogen functional groups attached to an aromatic ring is 1. The fourth-order valence-electron chi connectivity index (χ4n) is 2.72. The average molecular weight is 298 g/mol. The van der Waals surface area contributed by atoms with Crippen LogP contribution in [0.5, 0.6) is 0 Å². The highest BCUT2D eigenvalue weighted by molar-refractivity contribution is 5.92. The van der Waals surface area contributed by atoms with Gasteiger partial charge in [0.25, 0.3) is 5.91 Å². The predicted octanol–water partition coefficient (Wildman–Crippen LogP) is 3.13. The first kappa shape index (κ1) is 16.8. The van der Waals surface area contributed by atoms with Gasteiger partial charge in [-0.05, 0) is 30.9 Å². The zero-order chi connectivity index (χ0) is 13.8. The van der Waals surface area contributed by atoms with Gasteiger partial charge in [0.1, 0.15) is 11.5 Å². The van der Waals surface area contributed by atoms with Crippen LogP contribution in [0.15, 0.2) is 18.2 Å². The SMILES string of the molecule is CC(C)CN(C(=O)c1cccc(N)n1)C1CCCC1.Cl. The third kappa shape index (κ3) is 4.10. The second-order valence-electron chi connectivity index (χ2n) is 5.74. The van der Waals surface area contributed by atoms with Crippen molar-refractivity contribution in [3.63, 3.8) is 0 Å². The number of amides is 1. The summed E-state index contributed by atoms with van der Waals surface area (Å²) in [5, 5.41) is 0. The lowest BCUT2D eigenvalue weighted by atomic mass is 10.1. The van der Waals surface area contributed by atoms with Gasteiger partial charge >= 0.3 is 0 Å². The third-order valence-electron chi connectivity index (χ3n) is 3.58. The first-order valence-corrected chi connectivity index (χ1v) is 7.11. The molecule has 0 saturated heterocycles. The number of hydrogen-bond acceptors (Lipinski definition) is 3. The van der Waals surface area contributed by atoms with Crippen molar-refractivity contribution in [3.8, 4) is 0 Å². The first-order chi connectivity index (χ1) is 9.08. The largest absolute Gasteiger partial charge is 0.384 e. The van der Waals surface area contributed by atoms with Gasteiger partial charge in [0.05, 0.1) is 0 Å². The van der Waals surface area contributed by atoms with Gasteiger partial charge < -0.3 is 10.6 Å². The normalized spacial score (nSPS) is 15.2. The maximum Gasteiger partial charge on any atom is 0.272 e. The minimum Gasteiger partial charge on any atom is -0.384 e. The maximum absolute atomic E-state index is 12.6. The van der Waals surface area contributed by atoms with E-state index < -0.39 is 0 Å². The molecule has 0 radical (unpaired) electrons. The van der Waals surface area contributed by atoms with Crippen molar-refractivity contribution in [2.45, 2.75) is 45.6 Å². The van der Waals surface area contributed by atoms with E-state index in [2.05, 4.69) is 18.8 Å². The van der Waals surface area contributed by atoms with E-state index in [1.54, 1.807) is 18.2 Å². The van der Waals surface area contributed by atoms with Gasteiger partial charge in [0.2, 0.25) is 0 Å². The van der Waals surface area contributed by atoms with Gasteiger partial charge in [-0.1, -0.05) is 32.8 Å². The Labute approximate surface area is 127 Å². The predicted molar refractivity (Wildman–Crippen MR) is 84.0 cm³/mol. The smallest absolute Gasteiger partial charge is 0.272 e. The average Bonchev–Trinajstić information content (AvgIpc) is 2.88. The highest BCUT2D eigenvalue weighted by atomic mass is 35.5. The molecule has 0 unspecified atom stereocenters. The lowest BCUT2D eigenvalue weighted by molar-refractivity contribution is 0.0649. The molecule has 0 spiro atoms. The van der Waals surface area contributed by atoms with Crippen LogP contribution in [0.1, 0.15) is 50.0 Å². The highest BCUT2D eigenvalue weighted by Gasteiger charge is 2.28. The monoisotopic (exact) mass is 297 g/mol. The minimum absolute atomic E-state index is 0. The van der Waals surface area contributed by atoms with E-state index in [-0.39, 0.29) is 18.3 Å². The minimum atomic E-state index is 0. The number of halogens is 1. The van der Waals surface area contributed by atoms with Gasteiger partial charge in [-0.2, -0.15) is 0 Å². The van der Waals surface area contributed by atoms with Gasteiger partial charge in [0, 0.05) is 12.6 Å². The fourth-order valence-corrected chi connectivity index (χ4v) is 2.72. The van der Waals surface area contributed by atoms with Crippen LogP contribution in [0.2, 0.25) is 0 Å². The van der Waals surface area contributed by atoms with E-state index >= 15 is 0 Å². The molecule has 0 atom stereocenters. The van der Waals surface area contributed by atoms with Crippen LogP contribution >= 0.6 is 12.4 Å². The number of nitrogens with zero attached hydrogens (tertiary/aromatic N) is 2. The lowest BCUT2D eigenvalue weighted by Gasteiger charge is -2.30. The number of hydrogen-bond donors (Lipinski definition) is 1. The number of nitrogens with two attached hydrogens (primary N) is 1. The fraction of sp³-hybridized carbons (Fsp3) is 0.600. The van der Waals surface area contributed by atoms with Gasteiger partial charge in [-0.3, -0.25) is 4.79 Å².